The SMILES string of the molecule is CCCc1ccc(C(CS(=O)(=O)CC(C)C)NC)cc1. The molecule has 0 aliphatic rings. The summed E-state index contributed by atoms with van der Waals surface area (Å²) in [5, 5.41) is 3.12. The van der Waals surface area contributed by atoms with E-state index in [2.05, 4.69) is 24.4 Å². The molecule has 1 rings (SSSR count). The highest BCUT2D eigenvalue weighted by molar-refractivity contribution is 7.91. The van der Waals surface area contributed by atoms with Crippen molar-refractivity contribution in [3.63, 3.8) is 0 Å². The summed E-state index contributed by atoms with van der Waals surface area (Å²) in [5.74, 6) is 0.581. The fourth-order valence-electron chi connectivity index (χ4n) is 2.38. The van der Waals surface area contributed by atoms with Crippen LogP contribution in [-0.4, -0.2) is 27.0 Å². The lowest BCUT2D eigenvalue weighted by Crippen LogP contribution is -2.27. The topological polar surface area (TPSA) is 46.2 Å². The van der Waals surface area contributed by atoms with Crippen molar-refractivity contribution in [3.05, 3.63) is 35.4 Å². The van der Waals surface area contributed by atoms with E-state index < -0.39 is 9.84 Å². The second-order valence-corrected chi connectivity index (χ2v) is 7.96. The Kier molecular flexibility index (Phi) is 6.69. The first-order valence-corrected chi connectivity index (χ1v) is 9.16. The molecule has 0 aromatic heterocycles. The third kappa shape index (κ3) is 5.63. The van der Waals surface area contributed by atoms with Gasteiger partial charge in [-0.3, -0.25) is 0 Å². The van der Waals surface area contributed by atoms with E-state index >= 15 is 0 Å². The van der Waals surface area contributed by atoms with Gasteiger partial charge in [0, 0.05) is 6.04 Å². The van der Waals surface area contributed by atoms with E-state index in [0.29, 0.717) is 0 Å². The molecular weight excluding hydrogens is 270 g/mol. The minimum atomic E-state index is -3.02. The molecule has 0 amide bonds. The molecule has 0 saturated carbocycles. The molecule has 0 heterocycles. The van der Waals surface area contributed by atoms with Crippen LogP contribution < -0.4 is 5.32 Å². The highest BCUT2D eigenvalue weighted by Crippen LogP contribution is 2.17. The number of rotatable bonds is 8. The number of nitrogens with one attached hydrogen (secondary N) is 1. The Hall–Kier alpha value is -0.870. The molecule has 4 heteroatoms. The first kappa shape index (κ1) is 17.2. The fourth-order valence-corrected chi connectivity index (χ4v) is 4.40. The van der Waals surface area contributed by atoms with Crippen molar-refractivity contribution < 1.29 is 8.42 Å². The molecule has 0 bridgehead atoms. The summed E-state index contributed by atoms with van der Waals surface area (Å²) in [4.78, 5) is 0. The highest BCUT2D eigenvalue weighted by Gasteiger charge is 2.20. The predicted octanol–water partition coefficient (Wildman–Crippen LogP) is 2.97. The summed E-state index contributed by atoms with van der Waals surface area (Å²) in [6, 6.07) is 8.14. The lowest BCUT2D eigenvalue weighted by Gasteiger charge is -2.18. The summed E-state index contributed by atoms with van der Waals surface area (Å²) in [6.07, 6.45) is 2.19. The van der Waals surface area contributed by atoms with Crippen LogP contribution in [0.1, 0.15) is 44.4 Å². The van der Waals surface area contributed by atoms with Crippen molar-refractivity contribution in [3.8, 4) is 0 Å². The van der Waals surface area contributed by atoms with Crippen molar-refractivity contribution in [2.75, 3.05) is 18.6 Å². The predicted molar refractivity (Wildman–Crippen MR) is 85.7 cm³/mol. The highest BCUT2D eigenvalue weighted by atomic mass is 32.2. The van der Waals surface area contributed by atoms with Gasteiger partial charge in [0.2, 0.25) is 0 Å². The molecule has 1 unspecified atom stereocenters. The van der Waals surface area contributed by atoms with Gasteiger partial charge in [-0.1, -0.05) is 51.5 Å². The van der Waals surface area contributed by atoms with E-state index in [1.54, 1.807) is 0 Å². The summed E-state index contributed by atoms with van der Waals surface area (Å²) in [6.45, 7) is 6.03. The summed E-state index contributed by atoms with van der Waals surface area (Å²) >= 11 is 0. The molecule has 0 fully saturated rings. The number of hydrogen-bond acceptors (Lipinski definition) is 3. The van der Waals surface area contributed by atoms with Crippen molar-refractivity contribution in [2.45, 2.75) is 39.7 Å². The van der Waals surface area contributed by atoms with Gasteiger partial charge in [-0.2, -0.15) is 0 Å². The zero-order valence-electron chi connectivity index (χ0n) is 13.0. The quantitative estimate of drug-likeness (QED) is 0.802. The van der Waals surface area contributed by atoms with E-state index in [4.69, 9.17) is 0 Å². The Balaban J connectivity index is 2.80. The summed E-state index contributed by atoms with van der Waals surface area (Å²) in [5.41, 5.74) is 2.34. The van der Waals surface area contributed by atoms with Crippen LogP contribution in [0.5, 0.6) is 0 Å². The minimum absolute atomic E-state index is 0.130. The van der Waals surface area contributed by atoms with E-state index in [9.17, 15) is 8.42 Å². The smallest absolute Gasteiger partial charge is 0.152 e. The van der Waals surface area contributed by atoms with Crippen LogP contribution >= 0.6 is 0 Å². The molecule has 0 saturated heterocycles. The lowest BCUT2D eigenvalue weighted by molar-refractivity contribution is 0.563. The minimum Gasteiger partial charge on any atom is -0.312 e. The zero-order chi connectivity index (χ0) is 15.2. The Morgan fingerprint density at radius 3 is 2.15 bits per heavy atom. The molecule has 0 radical (unpaired) electrons. The van der Waals surface area contributed by atoms with Crippen molar-refractivity contribution in [1.82, 2.24) is 5.32 Å². The van der Waals surface area contributed by atoms with Crippen LogP contribution in [-0.2, 0) is 16.3 Å². The molecule has 1 aromatic rings. The van der Waals surface area contributed by atoms with Crippen LogP contribution in [0.4, 0.5) is 0 Å². The number of sulfone groups is 1. The molecule has 0 aliphatic carbocycles. The van der Waals surface area contributed by atoms with Crippen molar-refractivity contribution >= 4 is 9.84 Å². The molecule has 1 N–H and O–H groups in total. The molecule has 114 valence electrons. The van der Waals surface area contributed by atoms with Crippen LogP contribution in [0.15, 0.2) is 24.3 Å². The Morgan fingerprint density at radius 1 is 1.10 bits per heavy atom. The zero-order valence-corrected chi connectivity index (χ0v) is 13.8. The maximum absolute atomic E-state index is 12.1. The third-order valence-corrected chi connectivity index (χ3v) is 5.29. The molecule has 0 aliphatic heterocycles. The van der Waals surface area contributed by atoms with Gasteiger partial charge >= 0.3 is 0 Å². The van der Waals surface area contributed by atoms with Gasteiger partial charge in [-0.15, -0.1) is 0 Å². The maximum Gasteiger partial charge on any atom is 0.152 e. The summed E-state index contributed by atoms with van der Waals surface area (Å²) in [7, 11) is -1.21. The van der Waals surface area contributed by atoms with Gasteiger partial charge in [0.25, 0.3) is 0 Å². The summed E-state index contributed by atoms with van der Waals surface area (Å²) < 4.78 is 24.2. The molecular formula is C16H27NO2S. The lowest BCUT2D eigenvalue weighted by atomic mass is 10.0. The molecule has 0 spiro atoms. The van der Waals surface area contributed by atoms with E-state index in [-0.39, 0.29) is 23.5 Å². The van der Waals surface area contributed by atoms with Gasteiger partial charge in [0.15, 0.2) is 9.84 Å². The maximum atomic E-state index is 12.1. The van der Waals surface area contributed by atoms with Crippen LogP contribution in [0.2, 0.25) is 0 Å². The first-order valence-electron chi connectivity index (χ1n) is 7.34. The number of hydrogen-bond donors (Lipinski definition) is 1. The standard InChI is InChI=1S/C16H27NO2S/c1-5-6-14-7-9-15(10-8-14)16(17-4)12-20(18,19)11-13(2)3/h7-10,13,16-17H,5-6,11-12H2,1-4H3. The van der Waals surface area contributed by atoms with Gasteiger partial charge in [0.05, 0.1) is 11.5 Å². The monoisotopic (exact) mass is 297 g/mol. The number of aryl methyl sites for hydroxylation is 1. The van der Waals surface area contributed by atoms with Crippen LogP contribution in [0.25, 0.3) is 0 Å². The van der Waals surface area contributed by atoms with Gasteiger partial charge in [-0.25, -0.2) is 8.42 Å². The van der Waals surface area contributed by atoms with Gasteiger partial charge in [0.1, 0.15) is 0 Å². The van der Waals surface area contributed by atoms with Gasteiger partial charge in [-0.05, 0) is 30.5 Å². The first-order chi connectivity index (χ1) is 9.38. The Labute approximate surface area is 123 Å². The van der Waals surface area contributed by atoms with Crippen LogP contribution in [0, 0.1) is 5.92 Å². The second kappa shape index (κ2) is 7.79. The molecule has 3 nitrogen and oxygen atoms in total. The fraction of sp³-hybridized carbons (Fsp3) is 0.625. The average molecular weight is 297 g/mol. The third-order valence-electron chi connectivity index (χ3n) is 3.28. The molecule has 1 aromatic carbocycles. The largest absolute Gasteiger partial charge is 0.312 e. The van der Waals surface area contributed by atoms with Gasteiger partial charge < -0.3 is 5.32 Å². The Morgan fingerprint density at radius 2 is 1.70 bits per heavy atom. The Bertz CT molecular complexity index is 492. The van der Waals surface area contributed by atoms with Crippen molar-refractivity contribution in [2.24, 2.45) is 5.92 Å². The van der Waals surface area contributed by atoms with E-state index in [1.165, 1.54) is 5.56 Å². The van der Waals surface area contributed by atoms with E-state index in [1.807, 2.05) is 33.0 Å². The normalized spacial score (nSPS) is 13.7. The van der Waals surface area contributed by atoms with Crippen LogP contribution in [0.3, 0.4) is 0 Å². The van der Waals surface area contributed by atoms with E-state index in [0.717, 1.165) is 18.4 Å². The average Bonchev–Trinajstić information content (AvgIpc) is 2.36. The molecule has 20 heavy (non-hydrogen) atoms. The number of benzene rings is 1. The molecule has 1 atom stereocenters. The van der Waals surface area contributed by atoms with Crippen molar-refractivity contribution in [1.29, 1.82) is 0 Å². The second-order valence-electron chi connectivity index (χ2n) is 5.80.